The average Bonchev–Trinajstić information content (AvgIpc) is 3.60. The number of anilines is 1. The summed E-state index contributed by atoms with van der Waals surface area (Å²) in [5.41, 5.74) is 1.02. The van der Waals surface area contributed by atoms with E-state index in [2.05, 4.69) is 10.6 Å². The maximum absolute atomic E-state index is 13.2. The first kappa shape index (κ1) is 22.6. The number of rotatable bonds is 7. The number of hydrogen-bond acceptors (Lipinski definition) is 5. The van der Waals surface area contributed by atoms with Gasteiger partial charge in [0.25, 0.3) is 5.91 Å². The van der Waals surface area contributed by atoms with E-state index in [1.165, 1.54) is 12.8 Å². The molecule has 1 aromatic rings. The average molecular weight is 444 g/mol. The summed E-state index contributed by atoms with van der Waals surface area (Å²) in [6, 6.07) is 5.01. The molecule has 1 aromatic carbocycles. The molecule has 2 aliphatic heterocycles. The molecule has 4 rings (SSSR count). The van der Waals surface area contributed by atoms with E-state index in [0.29, 0.717) is 42.4 Å². The third kappa shape index (κ3) is 5.41. The highest BCUT2D eigenvalue weighted by molar-refractivity contribution is 5.99. The van der Waals surface area contributed by atoms with Gasteiger partial charge in [-0.2, -0.15) is 0 Å². The molecule has 3 atom stereocenters. The predicted molar refractivity (Wildman–Crippen MR) is 120 cm³/mol. The van der Waals surface area contributed by atoms with Gasteiger partial charge < -0.3 is 25.0 Å². The highest BCUT2D eigenvalue weighted by Crippen LogP contribution is 2.33. The van der Waals surface area contributed by atoms with Crippen LogP contribution in [0.4, 0.5) is 5.69 Å². The van der Waals surface area contributed by atoms with Crippen LogP contribution >= 0.6 is 0 Å². The van der Waals surface area contributed by atoms with Crippen molar-refractivity contribution in [3.63, 3.8) is 0 Å². The summed E-state index contributed by atoms with van der Waals surface area (Å²) >= 11 is 0. The lowest BCUT2D eigenvalue weighted by molar-refractivity contribution is -0.134. The summed E-state index contributed by atoms with van der Waals surface area (Å²) in [4.78, 5) is 39.1. The van der Waals surface area contributed by atoms with Crippen molar-refractivity contribution >= 4 is 23.4 Å². The first-order valence-corrected chi connectivity index (χ1v) is 11.7. The van der Waals surface area contributed by atoms with Crippen molar-refractivity contribution in [3.05, 3.63) is 23.8 Å². The second kappa shape index (κ2) is 9.90. The lowest BCUT2D eigenvalue weighted by atomic mass is 9.94. The quantitative estimate of drug-likeness (QED) is 0.675. The van der Waals surface area contributed by atoms with Crippen molar-refractivity contribution in [1.29, 1.82) is 0 Å². The Kier molecular flexibility index (Phi) is 6.98. The number of amides is 3. The molecule has 1 saturated heterocycles. The molecule has 3 aliphatic rings. The van der Waals surface area contributed by atoms with E-state index in [0.717, 1.165) is 25.8 Å². The van der Waals surface area contributed by atoms with Crippen LogP contribution in [0.15, 0.2) is 18.2 Å². The molecule has 1 saturated carbocycles. The van der Waals surface area contributed by atoms with Crippen LogP contribution in [-0.4, -0.2) is 61.1 Å². The smallest absolute Gasteiger partial charge is 0.257 e. The van der Waals surface area contributed by atoms with Crippen LogP contribution in [0.3, 0.4) is 0 Å². The molecule has 0 unspecified atom stereocenters. The van der Waals surface area contributed by atoms with Crippen LogP contribution in [-0.2, 0) is 14.3 Å². The van der Waals surface area contributed by atoms with Gasteiger partial charge in [0.15, 0.2) is 0 Å². The molecule has 32 heavy (non-hydrogen) atoms. The standard InChI is InChI=1S/C24H33N3O5/c1-3-4-22(28)26-16-7-10-20-18(11-16)24(30)27(2)19-9-8-17(32-21(19)14-31-20)12-23(29)25-13-15-5-6-15/h7,10-11,15,17,19,21H,3-6,8-9,12-14H2,1-2H3,(H,25,29)(H,26,28)/t17-,19+,21+/m1/s1. The van der Waals surface area contributed by atoms with Crippen molar-refractivity contribution in [3.8, 4) is 5.75 Å². The third-order valence-electron chi connectivity index (χ3n) is 6.47. The molecule has 8 heteroatoms. The van der Waals surface area contributed by atoms with Gasteiger partial charge in [-0.3, -0.25) is 14.4 Å². The summed E-state index contributed by atoms with van der Waals surface area (Å²) in [6.45, 7) is 3.01. The Hall–Kier alpha value is -2.61. The summed E-state index contributed by atoms with van der Waals surface area (Å²) in [5, 5.41) is 5.84. The molecule has 174 valence electrons. The molecule has 0 radical (unpaired) electrons. The van der Waals surface area contributed by atoms with Gasteiger partial charge in [-0.15, -0.1) is 0 Å². The van der Waals surface area contributed by atoms with Gasteiger partial charge in [0.05, 0.1) is 24.1 Å². The lowest BCUT2D eigenvalue weighted by Crippen LogP contribution is -2.54. The molecule has 8 nitrogen and oxygen atoms in total. The minimum absolute atomic E-state index is 0.0274. The van der Waals surface area contributed by atoms with Crippen LogP contribution < -0.4 is 15.4 Å². The number of ether oxygens (including phenoxy) is 2. The van der Waals surface area contributed by atoms with Crippen LogP contribution in [0.1, 0.15) is 62.2 Å². The normalized spacial score (nSPS) is 25.0. The van der Waals surface area contributed by atoms with E-state index >= 15 is 0 Å². The van der Waals surface area contributed by atoms with E-state index in [9.17, 15) is 14.4 Å². The minimum Gasteiger partial charge on any atom is -0.490 e. The number of carbonyl (C=O) groups excluding carboxylic acids is 3. The van der Waals surface area contributed by atoms with Gasteiger partial charge in [0, 0.05) is 25.7 Å². The molecular weight excluding hydrogens is 410 g/mol. The number of carbonyl (C=O) groups is 3. The van der Waals surface area contributed by atoms with Crippen molar-refractivity contribution in [2.45, 2.75) is 70.1 Å². The Morgan fingerprint density at radius 1 is 1.16 bits per heavy atom. The molecule has 2 N–H and O–H groups in total. The number of hydrogen-bond donors (Lipinski definition) is 2. The van der Waals surface area contributed by atoms with E-state index < -0.39 is 0 Å². The molecule has 0 aromatic heterocycles. The van der Waals surface area contributed by atoms with Gasteiger partial charge in [0.2, 0.25) is 11.8 Å². The number of fused-ring (bicyclic) bond motifs is 2. The van der Waals surface area contributed by atoms with Crippen LogP contribution in [0.25, 0.3) is 0 Å². The molecular formula is C24H33N3O5. The van der Waals surface area contributed by atoms with Gasteiger partial charge in [0.1, 0.15) is 18.5 Å². The van der Waals surface area contributed by atoms with E-state index in [4.69, 9.17) is 9.47 Å². The Labute approximate surface area is 189 Å². The van der Waals surface area contributed by atoms with E-state index in [1.807, 2.05) is 6.92 Å². The topological polar surface area (TPSA) is 97.0 Å². The largest absolute Gasteiger partial charge is 0.490 e. The molecule has 2 fully saturated rings. The first-order chi connectivity index (χ1) is 15.4. The van der Waals surface area contributed by atoms with Gasteiger partial charge in [-0.25, -0.2) is 0 Å². The molecule has 0 spiro atoms. The number of nitrogens with zero attached hydrogens (tertiary/aromatic N) is 1. The molecule has 3 amide bonds. The van der Waals surface area contributed by atoms with Crippen molar-refractivity contribution < 1.29 is 23.9 Å². The van der Waals surface area contributed by atoms with Gasteiger partial charge in [-0.05, 0) is 56.2 Å². The second-order valence-electron chi connectivity index (χ2n) is 9.13. The van der Waals surface area contributed by atoms with Crippen molar-refractivity contribution in [2.75, 3.05) is 25.5 Å². The lowest BCUT2D eigenvalue weighted by Gasteiger charge is -2.42. The van der Waals surface area contributed by atoms with E-state index in [-0.39, 0.29) is 36.0 Å². The highest BCUT2D eigenvalue weighted by atomic mass is 16.5. The Morgan fingerprint density at radius 2 is 1.97 bits per heavy atom. The maximum Gasteiger partial charge on any atom is 0.257 e. The Morgan fingerprint density at radius 3 is 2.72 bits per heavy atom. The first-order valence-electron chi connectivity index (χ1n) is 11.7. The Balaban J connectivity index is 1.41. The van der Waals surface area contributed by atoms with Crippen molar-refractivity contribution in [1.82, 2.24) is 10.2 Å². The zero-order valence-corrected chi connectivity index (χ0v) is 18.9. The minimum atomic E-state index is -0.295. The Bertz CT molecular complexity index is 869. The number of nitrogens with one attached hydrogen (secondary N) is 2. The predicted octanol–water partition coefficient (Wildman–Crippen LogP) is 2.72. The highest BCUT2D eigenvalue weighted by Gasteiger charge is 2.39. The van der Waals surface area contributed by atoms with Crippen LogP contribution in [0.2, 0.25) is 0 Å². The molecule has 0 bridgehead atoms. The second-order valence-corrected chi connectivity index (χ2v) is 9.13. The van der Waals surface area contributed by atoms with Gasteiger partial charge >= 0.3 is 0 Å². The fraction of sp³-hybridized carbons (Fsp3) is 0.625. The SMILES string of the molecule is CCCC(=O)Nc1ccc2c(c1)C(=O)N(C)[C@H]1CC[C@H](CC(=O)NCC3CC3)O[C@H]1CO2. The van der Waals surface area contributed by atoms with Crippen molar-refractivity contribution in [2.24, 2.45) is 5.92 Å². The summed E-state index contributed by atoms with van der Waals surface area (Å²) < 4.78 is 12.2. The van der Waals surface area contributed by atoms with E-state index in [1.54, 1.807) is 30.1 Å². The summed E-state index contributed by atoms with van der Waals surface area (Å²) in [5.74, 6) is 0.912. The van der Waals surface area contributed by atoms with Crippen LogP contribution in [0.5, 0.6) is 5.75 Å². The fourth-order valence-corrected chi connectivity index (χ4v) is 4.41. The number of benzene rings is 1. The van der Waals surface area contributed by atoms with Gasteiger partial charge in [-0.1, -0.05) is 6.92 Å². The zero-order chi connectivity index (χ0) is 22.7. The summed E-state index contributed by atoms with van der Waals surface area (Å²) in [6.07, 6.45) is 4.94. The summed E-state index contributed by atoms with van der Waals surface area (Å²) in [7, 11) is 1.78. The number of likely N-dealkylation sites (N-methyl/N-ethyl adjacent to an activating group) is 1. The maximum atomic E-state index is 13.2. The monoisotopic (exact) mass is 443 g/mol. The third-order valence-corrected chi connectivity index (χ3v) is 6.47. The zero-order valence-electron chi connectivity index (χ0n) is 18.9. The molecule has 2 heterocycles. The fourth-order valence-electron chi connectivity index (χ4n) is 4.41. The van der Waals surface area contributed by atoms with Crippen LogP contribution in [0, 0.1) is 5.92 Å². The molecule has 1 aliphatic carbocycles.